The maximum Gasteiger partial charge on any atom is 0.320 e. The summed E-state index contributed by atoms with van der Waals surface area (Å²) in [5, 5.41) is 5.67. The van der Waals surface area contributed by atoms with E-state index in [1.54, 1.807) is 0 Å². The molecule has 2 unspecified atom stereocenters. The predicted octanol–water partition coefficient (Wildman–Crippen LogP) is 2.49. The lowest BCUT2D eigenvalue weighted by Crippen LogP contribution is -2.47. The molecule has 3 aliphatic heterocycles. The predicted molar refractivity (Wildman–Crippen MR) is 157 cm³/mol. The quantitative estimate of drug-likeness (QED) is 0.279. The molecule has 1 aromatic carbocycles. The Labute approximate surface area is 242 Å². The number of rotatable bonds is 6. The van der Waals surface area contributed by atoms with Gasteiger partial charge in [-0.05, 0) is 44.5 Å². The van der Waals surface area contributed by atoms with Crippen molar-refractivity contribution in [2.24, 2.45) is 0 Å². The first-order chi connectivity index (χ1) is 18.9. The summed E-state index contributed by atoms with van der Waals surface area (Å²) in [5.41, 5.74) is 3.69. The van der Waals surface area contributed by atoms with Gasteiger partial charge in [0.1, 0.15) is 5.82 Å². The Morgan fingerprint density at radius 2 is 1.82 bits per heavy atom. The van der Waals surface area contributed by atoms with Crippen LogP contribution in [0.2, 0.25) is 0 Å². The number of carbonyl (C=O) groups is 2. The fourth-order valence-electron chi connectivity index (χ4n) is 5.16. The van der Waals surface area contributed by atoms with Crippen LogP contribution >= 0.6 is 22.6 Å². The number of aromatic nitrogens is 2. The van der Waals surface area contributed by atoms with Gasteiger partial charge in [0, 0.05) is 49.5 Å². The van der Waals surface area contributed by atoms with Gasteiger partial charge < -0.3 is 29.9 Å². The average molecular weight is 650 g/mol. The fraction of sp³-hybridized carbons (Fsp3) is 0.556. The van der Waals surface area contributed by atoms with Gasteiger partial charge in [-0.1, -0.05) is 22.6 Å². The second-order valence-electron chi connectivity index (χ2n) is 10.2. The van der Waals surface area contributed by atoms with Crippen LogP contribution in [0.1, 0.15) is 25.1 Å². The van der Waals surface area contributed by atoms with Gasteiger partial charge in [0.05, 0.1) is 48.8 Å². The first-order valence-electron chi connectivity index (χ1n) is 13.5. The molecule has 3 amide bonds. The number of urea groups is 1. The number of morpholine rings is 2. The van der Waals surface area contributed by atoms with Crippen LogP contribution in [-0.2, 0) is 27.2 Å². The van der Waals surface area contributed by atoms with E-state index in [4.69, 9.17) is 19.4 Å². The van der Waals surface area contributed by atoms with Crippen LogP contribution in [0.3, 0.4) is 0 Å². The molecule has 0 radical (unpaired) electrons. The lowest BCUT2D eigenvalue weighted by Gasteiger charge is -2.38. The van der Waals surface area contributed by atoms with Crippen molar-refractivity contribution in [1.82, 2.24) is 25.1 Å². The van der Waals surface area contributed by atoms with Gasteiger partial charge in [0.25, 0.3) is 0 Å². The Morgan fingerprint density at radius 1 is 1.08 bits per heavy atom. The fourth-order valence-corrected chi connectivity index (χ4v) is 5.45. The van der Waals surface area contributed by atoms with E-state index in [0.29, 0.717) is 64.1 Å². The second-order valence-corrected chi connectivity index (χ2v) is 12.0. The number of alkyl halides is 1. The average Bonchev–Trinajstić information content (AvgIpc) is 2.93. The molecule has 2 fully saturated rings. The Morgan fingerprint density at radius 3 is 2.54 bits per heavy atom. The first kappa shape index (κ1) is 28.0. The molecular formula is C27H36IN7O4. The van der Waals surface area contributed by atoms with E-state index in [1.165, 1.54) is 0 Å². The molecule has 4 heterocycles. The molecule has 0 aliphatic carbocycles. The number of halogens is 1. The number of ether oxygens (including phenoxy) is 2. The van der Waals surface area contributed by atoms with E-state index >= 15 is 0 Å². The van der Waals surface area contributed by atoms with E-state index in [0.717, 1.165) is 42.1 Å². The highest BCUT2D eigenvalue weighted by Crippen LogP contribution is 2.31. The first-order valence-corrected chi connectivity index (χ1v) is 14.8. The van der Waals surface area contributed by atoms with Gasteiger partial charge in [-0.3, -0.25) is 9.69 Å². The zero-order valence-electron chi connectivity index (χ0n) is 22.5. The molecule has 0 spiro atoms. The third-order valence-corrected chi connectivity index (χ3v) is 7.53. The van der Waals surface area contributed by atoms with Gasteiger partial charge in [0.2, 0.25) is 5.91 Å². The van der Waals surface area contributed by atoms with Gasteiger partial charge >= 0.3 is 6.03 Å². The summed E-state index contributed by atoms with van der Waals surface area (Å²) in [7, 11) is 0. The van der Waals surface area contributed by atoms with E-state index < -0.39 is 0 Å². The van der Waals surface area contributed by atoms with Crippen LogP contribution < -0.4 is 15.5 Å². The van der Waals surface area contributed by atoms with Crippen molar-refractivity contribution < 1.29 is 19.1 Å². The molecule has 2 saturated heterocycles. The monoisotopic (exact) mass is 649 g/mol. The Hall–Kier alpha value is -2.55. The molecule has 5 rings (SSSR count). The van der Waals surface area contributed by atoms with Crippen LogP contribution in [0.15, 0.2) is 24.3 Å². The molecule has 1 aromatic heterocycles. The largest absolute Gasteiger partial charge is 0.378 e. The third kappa shape index (κ3) is 6.97. The number of anilines is 2. The molecule has 2 aromatic rings. The lowest BCUT2D eigenvalue weighted by atomic mass is 10.0. The molecule has 3 aliphatic rings. The number of amides is 3. The second kappa shape index (κ2) is 12.7. The van der Waals surface area contributed by atoms with Crippen molar-refractivity contribution in [1.29, 1.82) is 0 Å². The van der Waals surface area contributed by atoms with Crippen LogP contribution in [0, 0.1) is 0 Å². The molecule has 0 saturated carbocycles. The molecule has 2 atom stereocenters. The summed E-state index contributed by atoms with van der Waals surface area (Å²) < 4.78 is 11.1. The van der Waals surface area contributed by atoms with Crippen LogP contribution in [-0.4, -0.2) is 101 Å². The maximum atomic E-state index is 12.9. The minimum absolute atomic E-state index is 0.0236. The lowest BCUT2D eigenvalue weighted by molar-refractivity contribution is -0.136. The molecule has 0 bridgehead atoms. The number of hydrogen-bond acceptors (Lipinski definition) is 8. The minimum Gasteiger partial charge on any atom is -0.378 e. The van der Waals surface area contributed by atoms with E-state index in [1.807, 2.05) is 36.1 Å². The van der Waals surface area contributed by atoms with Gasteiger partial charge in [-0.25, -0.2) is 14.8 Å². The summed E-state index contributed by atoms with van der Waals surface area (Å²) in [4.78, 5) is 41.5. The summed E-state index contributed by atoms with van der Waals surface area (Å²) >= 11 is 2.14. The van der Waals surface area contributed by atoms with Crippen molar-refractivity contribution in [2.75, 3.05) is 69.4 Å². The van der Waals surface area contributed by atoms with E-state index in [2.05, 4.69) is 49.9 Å². The Balaban J connectivity index is 1.39. The number of carbonyl (C=O) groups excluding carboxylic acids is 2. The standard InChI is InChI=1S/C27H36IN7O4/c1-18-17-39-14-11-35(18)26-22-7-8-33(16-24(36)34-9-12-38-13-10-34)15-23(22)31-25(32-26)20-3-5-21(6-4-20)30-27(37)29-19(2)28/h3-6,18-19H,7-17H2,1-2H3,(H2,29,30,37). The summed E-state index contributed by atoms with van der Waals surface area (Å²) in [5.74, 6) is 1.74. The highest BCUT2D eigenvalue weighted by Gasteiger charge is 2.30. The van der Waals surface area contributed by atoms with Gasteiger partial charge in [0.15, 0.2) is 5.82 Å². The normalized spacial score (nSPS) is 20.7. The van der Waals surface area contributed by atoms with Crippen molar-refractivity contribution >= 4 is 46.0 Å². The third-order valence-electron chi connectivity index (χ3n) is 7.22. The number of hydrogen-bond donors (Lipinski definition) is 2. The van der Waals surface area contributed by atoms with Crippen molar-refractivity contribution in [3.8, 4) is 11.4 Å². The summed E-state index contributed by atoms with van der Waals surface area (Å²) in [6.07, 6.45) is 0.790. The number of benzene rings is 1. The van der Waals surface area contributed by atoms with Crippen LogP contribution in [0.25, 0.3) is 11.4 Å². The molecular weight excluding hydrogens is 613 g/mol. The van der Waals surface area contributed by atoms with Gasteiger partial charge in [-0.15, -0.1) is 0 Å². The summed E-state index contributed by atoms with van der Waals surface area (Å²) in [6, 6.07) is 7.54. The van der Waals surface area contributed by atoms with Crippen molar-refractivity contribution in [2.45, 2.75) is 36.9 Å². The molecule has 210 valence electrons. The van der Waals surface area contributed by atoms with Gasteiger partial charge in [-0.2, -0.15) is 0 Å². The zero-order valence-corrected chi connectivity index (χ0v) is 24.6. The Bertz CT molecular complexity index is 1170. The van der Waals surface area contributed by atoms with Crippen molar-refractivity contribution in [3.05, 3.63) is 35.5 Å². The van der Waals surface area contributed by atoms with E-state index in [9.17, 15) is 9.59 Å². The van der Waals surface area contributed by atoms with Crippen molar-refractivity contribution in [3.63, 3.8) is 0 Å². The number of fused-ring (bicyclic) bond motifs is 1. The highest BCUT2D eigenvalue weighted by molar-refractivity contribution is 14.1. The topological polar surface area (TPSA) is 112 Å². The molecule has 2 N–H and O–H groups in total. The smallest absolute Gasteiger partial charge is 0.320 e. The zero-order chi connectivity index (χ0) is 27.4. The van der Waals surface area contributed by atoms with Crippen LogP contribution in [0.4, 0.5) is 16.3 Å². The SMILES string of the molecule is CC(I)NC(=O)Nc1ccc(-c2nc3c(c(N4CCOCC4C)n2)CCN(CC(=O)N2CCOCC2)C3)cc1. The molecule has 12 heteroatoms. The van der Waals surface area contributed by atoms with Crippen LogP contribution in [0.5, 0.6) is 0 Å². The molecule has 39 heavy (non-hydrogen) atoms. The summed E-state index contributed by atoms with van der Waals surface area (Å²) in [6.45, 7) is 10.4. The minimum atomic E-state index is -0.245. The maximum absolute atomic E-state index is 12.9. The number of nitrogens with zero attached hydrogens (tertiary/aromatic N) is 5. The number of nitrogens with one attached hydrogen (secondary N) is 2. The van der Waals surface area contributed by atoms with E-state index in [-0.39, 0.29) is 22.0 Å². The molecule has 11 nitrogen and oxygen atoms in total. The highest BCUT2D eigenvalue weighted by atomic mass is 127. The Kier molecular flexibility index (Phi) is 9.15.